The Morgan fingerprint density at radius 3 is 1.62 bits per heavy atom. The molecule has 0 aliphatic rings. The number of carbonyl (C=O) groups is 3. The molecule has 0 atom stereocenters. The van der Waals surface area contributed by atoms with Crippen LogP contribution in [0, 0.1) is 5.41 Å². The molecule has 202 valence electrons. The van der Waals surface area contributed by atoms with Crippen LogP contribution in [0.3, 0.4) is 0 Å². The van der Waals surface area contributed by atoms with Gasteiger partial charge in [0.05, 0.1) is 12.0 Å². The maximum atomic E-state index is 11.1. The number of carbonyl (C=O) groups excluding carboxylic acids is 3. The maximum absolute atomic E-state index is 11.1. The highest BCUT2D eigenvalue weighted by Crippen LogP contribution is 2.24. The molecule has 0 radical (unpaired) electrons. The molecule has 0 unspecified atom stereocenters. The lowest BCUT2D eigenvalue weighted by Gasteiger charge is -2.29. The van der Waals surface area contributed by atoms with Crippen LogP contribution in [0.4, 0.5) is 0 Å². The number of esters is 3. The van der Waals surface area contributed by atoms with Gasteiger partial charge in [0.1, 0.15) is 19.8 Å². The van der Waals surface area contributed by atoms with Gasteiger partial charge in [0.2, 0.25) is 0 Å². The second-order valence-electron chi connectivity index (χ2n) is 7.34. The molecule has 0 spiro atoms. The minimum absolute atomic E-state index is 0.0871. The number of hydrogen-bond donors (Lipinski definition) is 5. The number of aromatic nitrogens is 1. The SMILES string of the molecule is C=CC(=O)OCC(CO)(COC(=O)C=C)COC(=O)C=C.NCCc1ccc(O)c(O)c1.c1cc[nH]c1. The van der Waals surface area contributed by atoms with E-state index in [1.54, 1.807) is 6.07 Å². The first-order valence-corrected chi connectivity index (χ1v) is 10.9. The lowest BCUT2D eigenvalue weighted by molar-refractivity contribution is -0.159. The van der Waals surface area contributed by atoms with E-state index < -0.39 is 29.9 Å². The summed E-state index contributed by atoms with van der Waals surface area (Å²) in [7, 11) is 0. The van der Waals surface area contributed by atoms with Crippen LogP contribution in [0.15, 0.2) is 80.7 Å². The standard InChI is InChI=1S/C14H18O7.C8H11NO2.C4H5N/c1-4-11(16)19-8-14(7-15,9-20-12(17)5-2)10-21-13(18)6-3;9-4-3-6-1-2-7(10)8(11)5-6;1-2-4-5-3-1/h4-6,15H,1-3,7-10H2;1-2,5,10-11H,3-4,9H2;1-5H. The number of hydrogen-bond acceptors (Lipinski definition) is 10. The monoisotopic (exact) mass is 518 g/mol. The largest absolute Gasteiger partial charge is 0.504 e. The van der Waals surface area contributed by atoms with Crippen molar-refractivity contribution in [2.75, 3.05) is 33.0 Å². The predicted octanol–water partition coefficient (Wildman–Crippen LogP) is 1.77. The van der Waals surface area contributed by atoms with Crippen LogP contribution in [0.25, 0.3) is 0 Å². The molecule has 37 heavy (non-hydrogen) atoms. The molecule has 0 amide bonds. The zero-order chi connectivity index (χ0) is 28.1. The molecule has 0 bridgehead atoms. The molecular weight excluding hydrogens is 484 g/mol. The van der Waals surface area contributed by atoms with Crippen molar-refractivity contribution >= 4 is 17.9 Å². The van der Waals surface area contributed by atoms with E-state index in [0.717, 1.165) is 23.8 Å². The first-order valence-electron chi connectivity index (χ1n) is 10.9. The van der Waals surface area contributed by atoms with Gasteiger partial charge in [-0.1, -0.05) is 25.8 Å². The van der Waals surface area contributed by atoms with Crippen LogP contribution < -0.4 is 5.73 Å². The van der Waals surface area contributed by atoms with Crippen molar-refractivity contribution in [1.29, 1.82) is 0 Å². The minimum Gasteiger partial charge on any atom is -0.504 e. The van der Waals surface area contributed by atoms with Gasteiger partial charge in [-0.15, -0.1) is 0 Å². The maximum Gasteiger partial charge on any atom is 0.330 e. The summed E-state index contributed by atoms with van der Waals surface area (Å²) in [6, 6.07) is 8.60. The zero-order valence-corrected chi connectivity index (χ0v) is 20.5. The molecule has 2 aromatic rings. The summed E-state index contributed by atoms with van der Waals surface area (Å²) in [4.78, 5) is 36.1. The molecule has 0 aliphatic carbocycles. The zero-order valence-electron chi connectivity index (χ0n) is 20.5. The molecule has 6 N–H and O–H groups in total. The third-order valence-electron chi connectivity index (χ3n) is 4.37. The van der Waals surface area contributed by atoms with Gasteiger partial charge in [0, 0.05) is 30.6 Å². The van der Waals surface area contributed by atoms with Crippen molar-refractivity contribution in [1.82, 2.24) is 4.98 Å². The summed E-state index contributed by atoms with van der Waals surface area (Å²) in [6.45, 7) is 8.69. The van der Waals surface area contributed by atoms with E-state index in [0.29, 0.717) is 13.0 Å². The molecule has 1 aromatic heterocycles. The highest BCUT2D eigenvalue weighted by atomic mass is 16.6. The second kappa shape index (κ2) is 18.9. The summed E-state index contributed by atoms with van der Waals surface area (Å²) < 4.78 is 14.5. The van der Waals surface area contributed by atoms with Crippen molar-refractivity contribution in [3.05, 3.63) is 86.3 Å². The van der Waals surface area contributed by atoms with Crippen LogP contribution in [0.1, 0.15) is 5.56 Å². The fourth-order valence-corrected chi connectivity index (χ4v) is 2.28. The van der Waals surface area contributed by atoms with E-state index in [-0.39, 0.29) is 31.3 Å². The molecule has 0 saturated heterocycles. The van der Waals surface area contributed by atoms with Gasteiger partial charge in [0.25, 0.3) is 0 Å². The minimum atomic E-state index is -1.28. The lowest BCUT2D eigenvalue weighted by atomic mass is 9.92. The van der Waals surface area contributed by atoms with E-state index in [1.807, 2.05) is 24.5 Å². The van der Waals surface area contributed by atoms with Gasteiger partial charge in [-0.05, 0) is 42.8 Å². The number of ether oxygens (including phenoxy) is 3. The molecule has 1 heterocycles. The Kier molecular flexibility index (Phi) is 16.7. The molecule has 11 nitrogen and oxygen atoms in total. The summed E-state index contributed by atoms with van der Waals surface area (Å²) in [5.74, 6) is -2.35. The van der Waals surface area contributed by atoms with Crippen molar-refractivity contribution in [2.45, 2.75) is 6.42 Å². The van der Waals surface area contributed by atoms with Crippen LogP contribution in [-0.2, 0) is 35.0 Å². The van der Waals surface area contributed by atoms with E-state index in [9.17, 15) is 19.5 Å². The van der Waals surface area contributed by atoms with Crippen molar-refractivity contribution in [3.63, 3.8) is 0 Å². The summed E-state index contributed by atoms with van der Waals surface area (Å²) in [5, 5.41) is 27.4. The summed E-state index contributed by atoms with van der Waals surface area (Å²) in [5.41, 5.74) is 4.96. The number of nitrogens with two attached hydrogens (primary N) is 1. The van der Waals surface area contributed by atoms with Gasteiger partial charge < -0.3 is 40.2 Å². The highest BCUT2D eigenvalue weighted by molar-refractivity contribution is 5.82. The Balaban J connectivity index is 0.000000659. The van der Waals surface area contributed by atoms with Crippen LogP contribution in [-0.4, -0.2) is 71.2 Å². The number of H-pyrrole nitrogens is 1. The molecule has 0 saturated carbocycles. The van der Waals surface area contributed by atoms with Crippen molar-refractivity contribution in [3.8, 4) is 11.5 Å². The molecular formula is C26H34N2O9. The average molecular weight is 519 g/mol. The van der Waals surface area contributed by atoms with E-state index in [2.05, 4.69) is 24.7 Å². The number of phenolic OH excluding ortho intramolecular Hbond substituents is 2. The van der Waals surface area contributed by atoms with Gasteiger partial charge in [-0.25, -0.2) is 14.4 Å². The number of rotatable bonds is 12. The topological polar surface area (TPSA) is 181 Å². The number of aromatic hydroxyl groups is 2. The molecule has 0 fully saturated rings. The third-order valence-corrected chi connectivity index (χ3v) is 4.37. The number of nitrogens with one attached hydrogen (secondary N) is 1. The normalized spacial score (nSPS) is 9.78. The van der Waals surface area contributed by atoms with Gasteiger partial charge in [-0.3, -0.25) is 0 Å². The van der Waals surface area contributed by atoms with E-state index >= 15 is 0 Å². The van der Waals surface area contributed by atoms with Gasteiger partial charge in [-0.2, -0.15) is 0 Å². The number of aromatic amines is 1. The Morgan fingerprint density at radius 1 is 0.865 bits per heavy atom. The fraction of sp³-hybridized carbons (Fsp3) is 0.269. The summed E-state index contributed by atoms with van der Waals surface area (Å²) >= 11 is 0. The Labute approximate surface area is 215 Å². The van der Waals surface area contributed by atoms with E-state index in [4.69, 9.17) is 30.2 Å². The van der Waals surface area contributed by atoms with Crippen LogP contribution >= 0.6 is 0 Å². The molecule has 2 rings (SSSR count). The highest BCUT2D eigenvalue weighted by Gasteiger charge is 2.35. The van der Waals surface area contributed by atoms with Crippen LogP contribution in [0.2, 0.25) is 0 Å². The smallest absolute Gasteiger partial charge is 0.330 e. The number of aliphatic hydroxyl groups is 1. The Morgan fingerprint density at radius 2 is 1.32 bits per heavy atom. The number of aliphatic hydroxyl groups excluding tert-OH is 1. The van der Waals surface area contributed by atoms with E-state index in [1.165, 1.54) is 12.1 Å². The summed E-state index contributed by atoms with van der Waals surface area (Å²) in [6.07, 6.45) is 7.28. The number of phenols is 2. The Hall–Kier alpha value is -4.35. The lowest BCUT2D eigenvalue weighted by Crippen LogP contribution is -2.42. The number of benzene rings is 1. The first kappa shape index (κ1) is 32.7. The molecule has 0 aliphatic heterocycles. The quantitative estimate of drug-likeness (QED) is 0.120. The van der Waals surface area contributed by atoms with Crippen LogP contribution in [0.5, 0.6) is 11.5 Å². The average Bonchev–Trinajstić information content (AvgIpc) is 3.51. The Bertz CT molecular complexity index is 911. The third kappa shape index (κ3) is 14.6. The molecule has 1 aromatic carbocycles. The van der Waals surface area contributed by atoms with Gasteiger partial charge >= 0.3 is 17.9 Å². The van der Waals surface area contributed by atoms with Crippen molar-refractivity contribution in [2.24, 2.45) is 11.1 Å². The second-order valence-corrected chi connectivity index (χ2v) is 7.34. The molecule has 11 heteroatoms. The first-order chi connectivity index (χ1) is 17.7. The van der Waals surface area contributed by atoms with Gasteiger partial charge in [0.15, 0.2) is 11.5 Å². The predicted molar refractivity (Wildman–Crippen MR) is 136 cm³/mol. The fourth-order valence-electron chi connectivity index (χ4n) is 2.28. The van der Waals surface area contributed by atoms with Crippen molar-refractivity contribution < 1.29 is 43.9 Å².